The van der Waals surface area contributed by atoms with Crippen LogP contribution >= 0.6 is 11.3 Å². The molecule has 1 aromatic carbocycles. The van der Waals surface area contributed by atoms with Crippen LogP contribution in [-0.2, 0) is 13.0 Å². The van der Waals surface area contributed by atoms with Gasteiger partial charge in [-0.1, -0.05) is 30.7 Å². The number of hydrogen-bond donors (Lipinski definition) is 1. The monoisotopic (exact) mass is 258 g/mol. The molecule has 0 radical (unpaired) electrons. The number of fused-ring (bicyclic) bond motifs is 1. The van der Waals surface area contributed by atoms with E-state index in [9.17, 15) is 0 Å². The molecule has 18 heavy (non-hydrogen) atoms. The third-order valence-electron chi connectivity index (χ3n) is 3.63. The van der Waals surface area contributed by atoms with E-state index >= 15 is 0 Å². The minimum Gasteiger partial charge on any atom is -0.305 e. The zero-order valence-corrected chi connectivity index (χ0v) is 11.2. The Morgan fingerprint density at radius 3 is 3.11 bits per heavy atom. The number of rotatable bonds is 3. The predicted molar refractivity (Wildman–Crippen MR) is 75.7 cm³/mol. The van der Waals surface area contributed by atoms with E-state index in [0.29, 0.717) is 6.04 Å². The molecule has 0 amide bonds. The number of nitrogens with one attached hydrogen (secondary N) is 1. The van der Waals surface area contributed by atoms with Gasteiger partial charge in [0.1, 0.15) is 0 Å². The quantitative estimate of drug-likeness (QED) is 0.849. The minimum atomic E-state index is 0.505. The van der Waals surface area contributed by atoms with Crippen molar-refractivity contribution in [3.05, 3.63) is 52.0 Å². The van der Waals surface area contributed by atoms with Crippen LogP contribution in [0.3, 0.4) is 0 Å². The minimum absolute atomic E-state index is 0.505. The SMILES string of the molecule is c1ccc2c(c1)CCCCC2NCc1cncs1. The van der Waals surface area contributed by atoms with Crippen LogP contribution in [0, 0.1) is 0 Å². The molecule has 1 N–H and O–H groups in total. The molecule has 0 saturated heterocycles. The fraction of sp³-hybridized carbons (Fsp3) is 0.400. The van der Waals surface area contributed by atoms with Crippen LogP contribution in [0.25, 0.3) is 0 Å². The first kappa shape index (κ1) is 11.9. The number of thiazole rings is 1. The molecule has 1 aliphatic carbocycles. The molecular weight excluding hydrogens is 240 g/mol. The molecule has 3 rings (SSSR count). The standard InChI is InChI=1S/C15H18N2S/c1-3-7-14-12(5-1)6-2-4-8-15(14)17-10-13-9-16-11-18-13/h1,3,5,7,9,11,15,17H,2,4,6,8,10H2. The molecule has 0 bridgehead atoms. The van der Waals surface area contributed by atoms with E-state index in [2.05, 4.69) is 34.6 Å². The second kappa shape index (κ2) is 5.63. The van der Waals surface area contributed by atoms with Crippen LogP contribution in [-0.4, -0.2) is 4.98 Å². The molecule has 94 valence electrons. The van der Waals surface area contributed by atoms with E-state index in [1.54, 1.807) is 11.3 Å². The lowest BCUT2D eigenvalue weighted by molar-refractivity contribution is 0.491. The number of nitrogens with zero attached hydrogens (tertiary/aromatic N) is 1. The lowest BCUT2D eigenvalue weighted by Crippen LogP contribution is -2.20. The third kappa shape index (κ3) is 2.62. The Kier molecular flexibility index (Phi) is 3.72. The zero-order chi connectivity index (χ0) is 12.2. The first-order valence-electron chi connectivity index (χ1n) is 6.62. The largest absolute Gasteiger partial charge is 0.305 e. The average Bonchev–Trinajstić information content (AvgIpc) is 2.84. The van der Waals surface area contributed by atoms with E-state index in [1.807, 2.05) is 11.7 Å². The van der Waals surface area contributed by atoms with E-state index in [-0.39, 0.29) is 0 Å². The Morgan fingerprint density at radius 2 is 2.22 bits per heavy atom. The van der Waals surface area contributed by atoms with E-state index in [1.165, 1.54) is 41.7 Å². The smallest absolute Gasteiger partial charge is 0.0794 e. The van der Waals surface area contributed by atoms with Crippen molar-refractivity contribution in [2.24, 2.45) is 0 Å². The average molecular weight is 258 g/mol. The topological polar surface area (TPSA) is 24.9 Å². The number of hydrogen-bond acceptors (Lipinski definition) is 3. The van der Waals surface area contributed by atoms with Gasteiger partial charge >= 0.3 is 0 Å². The highest BCUT2D eigenvalue weighted by Crippen LogP contribution is 2.28. The normalized spacial score (nSPS) is 19.2. The Hall–Kier alpha value is -1.19. The Balaban J connectivity index is 1.75. The van der Waals surface area contributed by atoms with Crippen molar-refractivity contribution < 1.29 is 0 Å². The van der Waals surface area contributed by atoms with Crippen LogP contribution in [0.1, 0.15) is 41.3 Å². The fourth-order valence-corrected chi connectivity index (χ4v) is 3.23. The van der Waals surface area contributed by atoms with Gasteiger partial charge in [-0.15, -0.1) is 11.3 Å². The number of aryl methyl sites for hydroxylation is 1. The van der Waals surface area contributed by atoms with Gasteiger partial charge in [0.15, 0.2) is 0 Å². The lowest BCUT2D eigenvalue weighted by Gasteiger charge is -2.18. The molecule has 1 aliphatic rings. The molecule has 1 atom stereocenters. The number of benzene rings is 1. The third-order valence-corrected chi connectivity index (χ3v) is 4.41. The van der Waals surface area contributed by atoms with Gasteiger partial charge in [-0.2, -0.15) is 0 Å². The molecule has 1 aromatic heterocycles. The van der Waals surface area contributed by atoms with Crippen LogP contribution < -0.4 is 5.32 Å². The molecule has 2 aromatic rings. The highest BCUT2D eigenvalue weighted by atomic mass is 32.1. The summed E-state index contributed by atoms with van der Waals surface area (Å²) in [5, 5.41) is 3.69. The highest BCUT2D eigenvalue weighted by Gasteiger charge is 2.17. The van der Waals surface area contributed by atoms with Crippen molar-refractivity contribution in [2.45, 2.75) is 38.3 Å². The summed E-state index contributed by atoms with van der Waals surface area (Å²) in [6.45, 7) is 0.934. The predicted octanol–water partition coefficient (Wildman–Crippen LogP) is 3.70. The molecule has 0 spiro atoms. The molecular formula is C15H18N2S. The summed E-state index contributed by atoms with van der Waals surface area (Å²) >= 11 is 1.72. The summed E-state index contributed by atoms with van der Waals surface area (Å²) in [6, 6.07) is 9.38. The van der Waals surface area contributed by atoms with Crippen molar-refractivity contribution in [3.8, 4) is 0 Å². The van der Waals surface area contributed by atoms with Crippen LogP contribution in [0.2, 0.25) is 0 Å². The molecule has 2 nitrogen and oxygen atoms in total. The van der Waals surface area contributed by atoms with Crippen LogP contribution in [0.5, 0.6) is 0 Å². The van der Waals surface area contributed by atoms with Gasteiger partial charge < -0.3 is 5.32 Å². The fourth-order valence-electron chi connectivity index (χ4n) is 2.69. The van der Waals surface area contributed by atoms with E-state index in [4.69, 9.17) is 0 Å². The summed E-state index contributed by atoms with van der Waals surface area (Å²) in [4.78, 5) is 5.44. The van der Waals surface area contributed by atoms with Gasteiger partial charge in [0.25, 0.3) is 0 Å². The Morgan fingerprint density at radius 1 is 1.28 bits per heavy atom. The van der Waals surface area contributed by atoms with Gasteiger partial charge in [-0.3, -0.25) is 4.98 Å². The Labute approximate surface area is 112 Å². The molecule has 0 fully saturated rings. The van der Waals surface area contributed by atoms with Crippen molar-refractivity contribution in [1.29, 1.82) is 0 Å². The van der Waals surface area contributed by atoms with E-state index < -0.39 is 0 Å². The first-order valence-corrected chi connectivity index (χ1v) is 7.50. The second-order valence-electron chi connectivity index (χ2n) is 4.85. The van der Waals surface area contributed by atoms with Gasteiger partial charge in [0.2, 0.25) is 0 Å². The molecule has 1 unspecified atom stereocenters. The van der Waals surface area contributed by atoms with Gasteiger partial charge in [-0.05, 0) is 30.4 Å². The highest BCUT2D eigenvalue weighted by molar-refractivity contribution is 7.09. The van der Waals surface area contributed by atoms with Crippen molar-refractivity contribution in [3.63, 3.8) is 0 Å². The van der Waals surface area contributed by atoms with Crippen molar-refractivity contribution >= 4 is 11.3 Å². The van der Waals surface area contributed by atoms with Crippen LogP contribution in [0.15, 0.2) is 36.0 Å². The lowest BCUT2D eigenvalue weighted by atomic mass is 9.99. The Bertz CT molecular complexity index is 493. The molecule has 3 heteroatoms. The van der Waals surface area contributed by atoms with Gasteiger partial charge in [-0.25, -0.2) is 0 Å². The maximum absolute atomic E-state index is 4.13. The van der Waals surface area contributed by atoms with Crippen LogP contribution in [0.4, 0.5) is 0 Å². The maximum Gasteiger partial charge on any atom is 0.0794 e. The molecule has 1 heterocycles. The second-order valence-corrected chi connectivity index (χ2v) is 5.82. The summed E-state index contributed by atoms with van der Waals surface area (Å²) in [5.41, 5.74) is 4.93. The summed E-state index contributed by atoms with van der Waals surface area (Å²) < 4.78 is 0. The summed E-state index contributed by atoms with van der Waals surface area (Å²) in [5.74, 6) is 0. The van der Waals surface area contributed by atoms with Crippen molar-refractivity contribution in [2.75, 3.05) is 0 Å². The van der Waals surface area contributed by atoms with Gasteiger partial charge in [0, 0.05) is 23.7 Å². The summed E-state index contributed by atoms with van der Waals surface area (Å²) in [6.07, 6.45) is 7.07. The first-order chi connectivity index (χ1) is 8.93. The summed E-state index contributed by atoms with van der Waals surface area (Å²) in [7, 11) is 0. The molecule has 0 aliphatic heterocycles. The zero-order valence-electron chi connectivity index (χ0n) is 10.4. The van der Waals surface area contributed by atoms with Crippen molar-refractivity contribution in [1.82, 2.24) is 10.3 Å². The number of aromatic nitrogens is 1. The van der Waals surface area contributed by atoms with Gasteiger partial charge in [0.05, 0.1) is 5.51 Å². The van der Waals surface area contributed by atoms with E-state index in [0.717, 1.165) is 6.54 Å². The maximum atomic E-state index is 4.13. The molecule has 0 saturated carbocycles.